The average Bonchev–Trinajstić information content (AvgIpc) is 3.63. The second-order valence-electron chi connectivity index (χ2n) is 9.50. The van der Waals surface area contributed by atoms with Gasteiger partial charge in [-0.2, -0.15) is 5.10 Å². The van der Waals surface area contributed by atoms with E-state index in [2.05, 4.69) is 31.4 Å². The number of sulfonamides is 1. The lowest BCUT2D eigenvalue weighted by molar-refractivity contribution is -0.122. The highest BCUT2D eigenvalue weighted by Gasteiger charge is 2.34. The van der Waals surface area contributed by atoms with Crippen LogP contribution in [-0.2, 0) is 26.2 Å². The number of nitrogens with one attached hydrogen (secondary N) is 1. The molecule has 2 heterocycles. The molecule has 46 heavy (non-hydrogen) atoms. The lowest BCUT2D eigenvalue weighted by Gasteiger charge is -2.13. The first kappa shape index (κ1) is 33.0. The molecule has 4 N–H and O–H groups in total. The van der Waals surface area contributed by atoms with Crippen LogP contribution in [0.4, 0.5) is 5.69 Å². The van der Waals surface area contributed by atoms with Crippen molar-refractivity contribution in [2.45, 2.75) is 11.4 Å². The van der Waals surface area contributed by atoms with Gasteiger partial charge in [-0.25, -0.2) is 13.6 Å². The highest BCUT2D eigenvalue weighted by molar-refractivity contribution is 9.10. The van der Waals surface area contributed by atoms with Crippen molar-refractivity contribution < 1.29 is 32.3 Å². The van der Waals surface area contributed by atoms with Crippen molar-refractivity contribution in [2.75, 3.05) is 11.9 Å². The lowest BCUT2D eigenvalue weighted by Crippen LogP contribution is -2.28. The molecule has 0 bridgehead atoms. The first-order valence-corrected chi connectivity index (χ1v) is 16.7. The minimum atomic E-state index is -3.86. The van der Waals surface area contributed by atoms with E-state index < -0.39 is 15.9 Å². The largest absolute Gasteiger partial charge is 0.507 e. The van der Waals surface area contributed by atoms with Crippen molar-refractivity contribution in [1.29, 1.82) is 0 Å². The second kappa shape index (κ2) is 14.3. The maximum atomic E-state index is 13.6. The summed E-state index contributed by atoms with van der Waals surface area (Å²) >= 11 is 10.5. The number of carbonyl (C=O) groups is 2. The first-order valence-electron chi connectivity index (χ1n) is 13.1. The quantitative estimate of drug-likeness (QED) is 0.107. The third-order valence-electron chi connectivity index (χ3n) is 6.20. The van der Waals surface area contributed by atoms with Crippen molar-refractivity contribution in [3.8, 4) is 11.5 Å². The maximum absolute atomic E-state index is 13.6. The number of aromatic hydroxyl groups is 1. The number of benzene rings is 3. The summed E-state index contributed by atoms with van der Waals surface area (Å²) in [5.74, 6) is -0.0591. The fourth-order valence-corrected chi connectivity index (χ4v) is 6.02. The van der Waals surface area contributed by atoms with Gasteiger partial charge in [-0.3, -0.25) is 14.5 Å². The topological polar surface area (TPSA) is 177 Å². The van der Waals surface area contributed by atoms with Crippen LogP contribution in [0.1, 0.15) is 16.9 Å². The van der Waals surface area contributed by atoms with Crippen LogP contribution in [0.2, 0.25) is 5.02 Å². The number of primary sulfonamides is 1. The number of phenols is 1. The number of ether oxygens (including phenoxy) is 1. The van der Waals surface area contributed by atoms with Crippen molar-refractivity contribution in [3.63, 3.8) is 0 Å². The monoisotopic (exact) mass is 743 g/mol. The summed E-state index contributed by atoms with van der Waals surface area (Å²) in [6.45, 7) is -0.286. The first-order chi connectivity index (χ1) is 22.0. The molecule has 0 unspecified atom stereocenters. The molecule has 0 radical (unpaired) electrons. The van der Waals surface area contributed by atoms with Crippen molar-refractivity contribution in [1.82, 2.24) is 4.90 Å². The van der Waals surface area contributed by atoms with Gasteiger partial charge in [-0.1, -0.05) is 27.5 Å². The van der Waals surface area contributed by atoms with Crippen LogP contribution in [0.3, 0.4) is 0 Å². The van der Waals surface area contributed by atoms with E-state index in [-0.39, 0.29) is 34.9 Å². The average molecular weight is 745 g/mol. The Morgan fingerprint density at radius 1 is 1.13 bits per heavy atom. The molecule has 1 aliphatic heterocycles. The summed E-state index contributed by atoms with van der Waals surface area (Å²) in [4.78, 5) is 27.8. The molecule has 0 aliphatic carbocycles. The highest BCUT2D eigenvalue weighted by Crippen LogP contribution is 2.36. The van der Waals surface area contributed by atoms with E-state index in [1.54, 1.807) is 36.4 Å². The van der Waals surface area contributed by atoms with E-state index in [9.17, 15) is 23.1 Å². The number of amides is 2. The minimum Gasteiger partial charge on any atom is -0.507 e. The third kappa shape index (κ3) is 8.44. The molecule has 16 heteroatoms. The SMILES string of the molecule is NS(=O)(=O)c1ccc(NC(=O)COc2ccc(Br)cc2/C=C2\S/C(=N/N=C\c3cc(Cl)ccc3O)N(Cc3ccco3)C2=O)cc1. The van der Waals surface area contributed by atoms with Gasteiger partial charge in [0.05, 0.1) is 28.8 Å². The Bertz CT molecular complexity index is 1980. The Morgan fingerprint density at radius 3 is 2.63 bits per heavy atom. The number of furan rings is 1. The number of phenolic OH excluding ortho intramolecular Hbond substituents is 1. The molecule has 236 valence electrons. The maximum Gasteiger partial charge on any atom is 0.267 e. The summed E-state index contributed by atoms with van der Waals surface area (Å²) < 4.78 is 34.9. The van der Waals surface area contributed by atoms with Gasteiger partial charge in [0, 0.05) is 26.3 Å². The van der Waals surface area contributed by atoms with Crippen LogP contribution < -0.4 is 15.2 Å². The van der Waals surface area contributed by atoms with E-state index in [0.717, 1.165) is 11.8 Å². The molecule has 1 aliphatic rings. The van der Waals surface area contributed by atoms with Gasteiger partial charge in [0.15, 0.2) is 11.8 Å². The number of nitrogens with zero attached hydrogens (tertiary/aromatic N) is 3. The Kier molecular flexibility index (Phi) is 10.3. The van der Waals surface area contributed by atoms with Gasteiger partial charge in [0.1, 0.15) is 17.3 Å². The Labute approximate surface area is 280 Å². The molecule has 4 aromatic rings. The molecule has 5 rings (SSSR count). The zero-order chi connectivity index (χ0) is 32.8. The van der Waals surface area contributed by atoms with Crippen LogP contribution in [-0.4, -0.2) is 48.2 Å². The second-order valence-corrected chi connectivity index (χ2v) is 13.4. The van der Waals surface area contributed by atoms with Gasteiger partial charge in [0.2, 0.25) is 10.0 Å². The third-order valence-corrected chi connectivity index (χ3v) is 8.85. The summed E-state index contributed by atoms with van der Waals surface area (Å²) in [5.41, 5.74) is 1.20. The summed E-state index contributed by atoms with van der Waals surface area (Å²) in [7, 11) is -3.86. The van der Waals surface area contributed by atoms with E-state index in [0.29, 0.717) is 42.7 Å². The van der Waals surface area contributed by atoms with Crippen molar-refractivity contribution in [3.05, 3.63) is 110 Å². The molecule has 0 spiro atoms. The summed E-state index contributed by atoms with van der Waals surface area (Å²) in [6, 6.07) is 18.4. The predicted octanol–water partition coefficient (Wildman–Crippen LogP) is 5.57. The molecule has 1 fully saturated rings. The number of carbonyl (C=O) groups excluding carboxylic acids is 2. The van der Waals surface area contributed by atoms with E-state index in [1.807, 2.05) is 0 Å². The van der Waals surface area contributed by atoms with Crippen LogP contribution in [0.15, 0.2) is 108 Å². The molecule has 1 saturated heterocycles. The van der Waals surface area contributed by atoms with E-state index in [4.69, 9.17) is 25.9 Å². The van der Waals surface area contributed by atoms with Crippen LogP contribution in [0, 0.1) is 0 Å². The minimum absolute atomic E-state index is 0.0349. The number of nitrogens with two attached hydrogens (primary N) is 1. The zero-order valence-electron chi connectivity index (χ0n) is 23.5. The molecular formula is C30H23BrClN5O7S2. The van der Waals surface area contributed by atoms with Gasteiger partial charge >= 0.3 is 0 Å². The molecule has 0 saturated carbocycles. The Hall–Kier alpha value is -4.41. The number of amidine groups is 1. The number of halogens is 2. The van der Waals surface area contributed by atoms with Crippen molar-refractivity contribution >= 4 is 84.3 Å². The van der Waals surface area contributed by atoms with E-state index in [1.165, 1.54) is 59.8 Å². The smallest absolute Gasteiger partial charge is 0.267 e. The van der Waals surface area contributed by atoms with E-state index >= 15 is 0 Å². The number of rotatable bonds is 10. The van der Waals surface area contributed by atoms with Crippen LogP contribution in [0.25, 0.3) is 6.08 Å². The van der Waals surface area contributed by atoms with Crippen LogP contribution in [0.5, 0.6) is 11.5 Å². The normalized spacial score (nSPS) is 15.3. The van der Waals surface area contributed by atoms with Crippen LogP contribution >= 0.6 is 39.3 Å². The number of anilines is 1. The molecular weight excluding hydrogens is 722 g/mol. The molecule has 2 amide bonds. The van der Waals surface area contributed by atoms with Gasteiger partial charge < -0.3 is 19.6 Å². The summed E-state index contributed by atoms with van der Waals surface area (Å²) in [5, 5.41) is 26.8. The molecule has 3 aromatic carbocycles. The lowest BCUT2D eigenvalue weighted by atomic mass is 10.2. The molecule has 0 atom stereocenters. The summed E-state index contributed by atoms with van der Waals surface area (Å²) in [6.07, 6.45) is 4.44. The number of thioether (sulfide) groups is 1. The molecule has 1 aromatic heterocycles. The van der Waals surface area contributed by atoms with Gasteiger partial charge in [-0.05, 0) is 90.6 Å². The Balaban J connectivity index is 1.35. The molecule has 12 nitrogen and oxygen atoms in total. The fourth-order valence-electron chi connectivity index (χ4n) is 4.02. The highest BCUT2D eigenvalue weighted by atomic mass is 79.9. The number of hydrogen-bond acceptors (Lipinski definition) is 10. The predicted molar refractivity (Wildman–Crippen MR) is 179 cm³/mol. The zero-order valence-corrected chi connectivity index (χ0v) is 27.4. The van der Waals surface area contributed by atoms with Gasteiger partial charge in [-0.15, -0.1) is 5.10 Å². The Morgan fingerprint density at radius 2 is 1.91 bits per heavy atom. The van der Waals surface area contributed by atoms with Crippen molar-refractivity contribution in [2.24, 2.45) is 15.3 Å². The van der Waals surface area contributed by atoms with Gasteiger partial charge in [0.25, 0.3) is 11.8 Å². The standard InChI is InChI=1S/C30H23BrClN5O7S2/c31-20-3-10-26(44-17-28(39)35-22-5-7-24(8-6-22)46(33,41)42)18(12-20)14-27-29(40)37(16-23-2-1-11-43-23)30(45-27)36-34-15-19-13-21(32)4-9-25(19)38/h1-15,38H,16-17H2,(H,35,39)(H2,33,41,42)/b27-14-,34-15-,36-30+. The number of hydrogen-bond donors (Lipinski definition) is 3. The fraction of sp³-hybridized carbons (Fsp3) is 0.0667.